The Morgan fingerprint density at radius 1 is 1.12 bits per heavy atom. The summed E-state index contributed by atoms with van der Waals surface area (Å²) in [6, 6.07) is 15.7. The highest BCUT2D eigenvalue weighted by Crippen LogP contribution is 2.16. The molecule has 2 aromatic carbocycles. The lowest BCUT2D eigenvalue weighted by atomic mass is 10.2. The van der Waals surface area contributed by atoms with Gasteiger partial charge in [-0.2, -0.15) is 0 Å². The molecule has 1 heterocycles. The summed E-state index contributed by atoms with van der Waals surface area (Å²) in [5, 5.41) is 2.81. The van der Waals surface area contributed by atoms with Gasteiger partial charge in [0, 0.05) is 36.6 Å². The number of imidazole rings is 1. The van der Waals surface area contributed by atoms with Crippen molar-refractivity contribution in [2.75, 3.05) is 6.54 Å². The lowest BCUT2D eigenvalue weighted by molar-refractivity contribution is 0.0952. The molecule has 4 nitrogen and oxygen atoms in total. The number of aromatic nitrogens is 2. The van der Waals surface area contributed by atoms with E-state index in [2.05, 4.69) is 14.9 Å². The largest absolute Gasteiger partial charge is 0.352 e. The van der Waals surface area contributed by atoms with Crippen molar-refractivity contribution in [1.82, 2.24) is 14.9 Å². The quantitative estimate of drug-likeness (QED) is 0.706. The second kappa shape index (κ2) is 7.55. The Morgan fingerprint density at radius 2 is 1.96 bits per heavy atom. The predicted molar refractivity (Wildman–Crippen MR) is 91.0 cm³/mol. The molecule has 0 fully saturated rings. The number of nitrogens with one attached hydrogen (secondary N) is 1. The number of halogens is 1. The normalized spacial score (nSPS) is 10.5. The molecule has 0 saturated carbocycles. The Balaban J connectivity index is 1.53. The summed E-state index contributed by atoms with van der Waals surface area (Å²) >= 11 is 0. The first kappa shape index (κ1) is 15.9. The third-order valence-electron chi connectivity index (χ3n) is 3.70. The van der Waals surface area contributed by atoms with Crippen LogP contribution in [0.15, 0.2) is 67.0 Å². The van der Waals surface area contributed by atoms with Crippen LogP contribution in [0.2, 0.25) is 0 Å². The zero-order valence-electron chi connectivity index (χ0n) is 13.2. The van der Waals surface area contributed by atoms with Crippen LogP contribution in [0.4, 0.5) is 4.39 Å². The first-order valence-corrected chi connectivity index (χ1v) is 7.84. The maximum absolute atomic E-state index is 13.1. The minimum Gasteiger partial charge on any atom is -0.352 e. The molecule has 122 valence electrons. The van der Waals surface area contributed by atoms with E-state index in [1.54, 1.807) is 12.3 Å². The van der Waals surface area contributed by atoms with Crippen molar-refractivity contribution in [3.63, 3.8) is 0 Å². The molecule has 24 heavy (non-hydrogen) atoms. The Bertz CT molecular complexity index is 814. The molecule has 1 amide bonds. The molecule has 0 aliphatic rings. The molecule has 0 bridgehead atoms. The molecule has 0 saturated heterocycles. The fourth-order valence-corrected chi connectivity index (χ4v) is 2.52. The van der Waals surface area contributed by atoms with E-state index in [0.717, 1.165) is 24.4 Å². The number of carbonyl (C=O) groups excluding carboxylic acids is 1. The Hall–Kier alpha value is -2.95. The fraction of sp³-hybridized carbons (Fsp3) is 0.158. The van der Waals surface area contributed by atoms with Gasteiger partial charge in [-0.15, -0.1) is 0 Å². The topological polar surface area (TPSA) is 46.9 Å². The van der Waals surface area contributed by atoms with Crippen LogP contribution in [0, 0.1) is 5.82 Å². The molecular formula is C19H18FN3O. The third kappa shape index (κ3) is 3.87. The molecule has 1 N–H and O–H groups in total. The summed E-state index contributed by atoms with van der Waals surface area (Å²) in [4.78, 5) is 16.3. The van der Waals surface area contributed by atoms with Crippen molar-refractivity contribution in [3.8, 4) is 11.4 Å². The summed E-state index contributed by atoms with van der Waals surface area (Å²) in [7, 11) is 0. The van der Waals surface area contributed by atoms with Gasteiger partial charge in [-0.05, 0) is 24.6 Å². The maximum Gasteiger partial charge on any atom is 0.251 e. The first-order chi connectivity index (χ1) is 11.7. The molecule has 0 unspecified atom stereocenters. The van der Waals surface area contributed by atoms with Crippen LogP contribution in [0.3, 0.4) is 0 Å². The summed E-state index contributed by atoms with van der Waals surface area (Å²) < 4.78 is 15.2. The highest BCUT2D eigenvalue weighted by atomic mass is 19.1. The highest BCUT2D eigenvalue weighted by molar-refractivity contribution is 5.94. The Kier molecular flexibility index (Phi) is 5.01. The average molecular weight is 323 g/mol. The Morgan fingerprint density at radius 3 is 2.75 bits per heavy atom. The van der Waals surface area contributed by atoms with Gasteiger partial charge < -0.3 is 9.88 Å². The SMILES string of the molecule is O=C(NCCCn1ccnc1-c1ccccc1)c1cccc(F)c1. The number of carbonyl (C=O) groups is 1. The van der Waals surface area contributed by atoms with Crippen LogP contribution < -0.4 is 5.32 Å². The van der Waals surface area contributed by atoms with Crippen molar-refractivity contribution in [1.29, 1.82) is 0 Å². The van der Waals surface area contributed by atoms with Gasteiger partial charge in [0.05, 0.1) is 0 Å². The standard InChI is InChI=1S/C19H18FN3O/c20-17-9-4-8-16(14-17)19(24)22-10-5-12-23-13-11-21-18(23)15-6-2-1-3-7-15/h1-4,6-9,11,13-14H,5,10,12H2,(H,22,24). The number of hydrogen-bond donors (Lipinski definition) is 1. The van der Waals surface area contributed by atoms with Crippen molar-refractivity contribution in [3.05, 3.63) is 78.4 Å². The van der Waals surface area contributed by atoms with Crippen LogP contribution in [-0.2, 0) is 6.54 Å². The molecular weight excluding hydrogens is 305 g/mol. The summed E-state index contributed by atoms with van der Waals surface area (Å²) in [5.74, 6) is 0.240. The van der Waals surface area contributed by atoms with Crippen molar-refractivity contribution < 1.29 is 9.18 Å². The van der Waals surface area contributed by atoms with Crippen molar-refractivity contribution in [2.24, 2.45) is 0 Å². The van der Waals surface area contributed by atoms with Crippen LogP contribution in [0.5, 0.6) is 0 Å². The molecule has 0 atom stereocenters. The van der Waals surface area contributed by atoms with E-state index in [4.69, 9.17) is 0 Å². The van der Waals surface area contributed by atoms with Gasteiger partial charge in [0.25, 0.3) is 5.91 Å². The van der Waals surface area contributed by atoms with Gasteiger partial charge in [-0.25, -0.2) is 9.37 Å². The van der Waals surface area contributed by atoms with Gasteiger partial charge in [-0.1, -0.05) is 36.4 Å². The second-order valence-electron chi connectivity index (χ2n) is 5.43. The first-order valence-electron chi connectivity index (χ1n) is 7.84. The van der Waals surface area contributed by atoms with Gasteiger partial charge in [-0.3, -0.25) is 4.79 Å². The lowest BCUT2D eigenvalue weighted by Crippen LogP contribution is -2.25. The molecule has 0 aliphatic heterocycles. The average Bonchev–Trinajstić information content (AvgIpc) is 3.08. The number of hydrogen-bond acceptors (Lipinski definition) is 2. The monoisotopic (exact) mass is 323 g/mol. The summed E-state index contributed by atoms with van der Waals surface area (Å²) in [5.41, 5.74) is 1.40. The van der Waals surface area contributed by atoms with Gasteiger partial charge in [0.1, 0.15) is 11.6 Å². The predicted octanol–water partition coefficient (Wildman–Crippen LogP) is 3.51. The number of aryl methyl sites for hydroxylation is 1. The fourth-order valence-electron chi connectivity index (χ4n) is 2.52. The zero-order chi connectivity index (χ0) is 16.8. The van der Waals surface area contributed by atoms with E-state index >= 15 is 0 Å². The van der Waals surface area contributed by atoms with Gasteiger partial charge in [0.15, 0.2) is 0 Å². The molecule has 0 spiro atoms. The van der Waals surface area contributed by atoms with Crippen LogP contribution in [0.1, 0.15) is 16.8 Å². The minimum absolute atomic E-state index is 0.261. The number of nitrogens with zero attached hydrogens (tertiary/aromatic N) is 2. The molecule has 5 heteroatoms. The smallest absolute Gasteiger partial charge is 0.251 e. The molecule has 0 radical (unpaired) electrons. The molecule has 3 rings (SSSR count). The van der Waals surface area contributed by atoms with Gasteiger partial charge >= 0.3 is 0 Å². The van der Waals surface area contributed by atoms with E-state index < -0.39 is 5.82 Å². The number of rotatable bonds is 6. The van der Waals surface area contributed by atoms with E-state index in [0.29, 0.717) is 12.1 Å². The maximum atomic E-state index is 13.1. The van der Waals surface area contributed by atoms with Crippen LogP contribution in [-0.4, -0.2) is 22.0 Å². The summed E-state index contributed by atoms with van der Waals surface area (Å²) in [6.45, 7) is 1.26. The lowest BCUT2D eigenvalue weighted by Gasteiger charge is -2.09. The van der Waals surface area contributed by atoms with Crippen LogP contribution in [0.25, 0.3) is 11.4 Å². The van der Waals surface area contributed by atoms with Crippen LogP contribution >= 0.6 is 0 Å². The van der Waals surface area contributed by atoms with Gasteiger partial charge in [0.2, 0.25) is 0 Å². The number of benzene rings is 2. The van der Waals surface area contributed by atoms with E-state index in [1.165, 1.54) is 18.2 Å². The molecule has 3 aromatic rings. The van der Waals surface area contributed by atoms with E-state index in [-0.39, 0.29) is 5.91 Å². The number of amides is 1. The van der Waals surface area contributed by atoms with E-state index in [1.807, 2.05) is 36.5 Å². The summed E-state index contributed by atoms with van der Waals surface area (Å²) in [6.07, 6.45) is 4.46. The zero-order valence-corrected chi connectivity index (χ0v) is 13.2. The minimum atomic E-state index is -0.409. The highest BCUT2D eigenvalue weighted by Gasteiger charge is 2.07. The van der Waals surface area contributed by atoms with Crippen molar-refractivity contribution >= 4 is 5.91 Å². The molecule has 1 aromatic heterocycles. The van der Waals surface area contributed by atoms with Crippen molar-refractivity contribution in [2.45, 2.75) is 13.0 Å². The van der Waals surface area contributed by atoms with E-state index in [9.17, 15) is 9.18 Å². The second-order valence-corrected chi connectivity index (χ2v) is 5.43. The Labute approximate surface area is 140 Å². The third-order valence-corrected chi connectivity index (χ3v) is 3.70. The molecule has 0 aliphatic carbocycles.